The molecule has 1 rings (SSSR count). The molecule has 1 unspecified atom stereocenters. The molecule has 0 aromatic heterocycles. The number of carbonyl (C=O) groups is 2. The second-order valence-corrected chi connectivity index (χ2v) is 3.08. The first-order chi connectivity index (χ1) is 6.74. The molecule has 0 bridgehead atoms. The van der Waals surface area contributed by atoms with Crippen molar-refractivity contribution in [3.05, 3.63) is 0 Å². The van der Waals surface area contributed by atoms with E-state index in [0.717, 1.165) is 6.42 Å². The Morgan fingerprint density at radius 1 is 1.43 bits per heavy atom. The molecule has 1 atom stereocenters. The van der Waals surface area contributed by atoms with Gasteiger partial charge in [-0.1, -0.05) is 0 Å². The van der Waals surface area contributed by atoms with E-state index in [1.165, 1.54) is 0 Å². The van der Waals surface area contributed by atoms with Crippen LogP contribution in [0.1, 0.15) is 6.42 Å². The zero-order chi connectivity index (χ0) is 10.4. The summed E-state index contributed by atoms with van der Waals surface area (Å²) in [4.78, 5) is 22.3. The first-order valence-corrected chi connectivity index (χ1v) is 4.60. The molecule has 6 nitrogen and oxygen atoms in total. The molecule has 2 amide bonds. The summed E-state index contributed by atoms with van der Waals surface area (Å²) in [5.41, 5.74) is 5.17. The van der Waals surface area contributed by atoms with E-state index >= 15 is 0 Å². The van der Waals surface area contributed by atoms with Crippen molar-refractivity contribution in [2.75, 3.05) is 26.3 Å². The van der Waals surface area contributed by atoms with Gasteiger partial charge in [-0.05, 0) is 6.42 Å². The Labute approximate surface area is 82.2 Å². The molecule has 14 heavy (non-hydrogen) atoms. The SMILES string of the molecule is NCCNC(=O)C(=O)NC1CCOC1. The first-order valence-electron chi connectivity index (χ1n) is 4.60. The third-order valence-electron chi connectivity index (χ3n) is 1.90. The predicted octanol–water partition coefficient (Wildman–Crippen LogP) is -2.03. The van der Waals surface area contributed by atoms with E-state index in [1.807, 2.05) is 0 Å². The molecule has 0 aromatic rings. The van der Waals surface area contributed by atoms with Crippen LogP contribution < -0.4 is 16.4 Å². The van der Waals surface area contributed by atoms with E-state index in [0.29, 0.717) is 26.3 Å². The number of nitrogens with two attached hydrogens (primary N) is 1. The fourth-order valence-electron chi connectivity index (χ4n) is 1.17. The van der Waals surface area contributed by atoms with Gasteiger partial charge < -0.3 is 21.1 Å². The molecule has 1 aliphatic heterocycles. The number of nitrogens with one attached hydrogen (secondary N) is 2. The Kier molecular flexibility index (Phi) is 4.34. The molecule has 1 saturated heterocycles. The maximum absolute atomic E-state index is 11.2. The van der Waals surface area contributed by atoms with Crippen molar-refractivity contribution < 1.29 is 14.3 Å². The number of rotatable bonds is 3. The van der Waals surface area contributed by atoms with Crippen molar-refractivity contribution in [1.29, 1.82) is 0 Å². The number of hydrogen-bond acceptors (Lipinski definition) is 4. The highest BCUT2D eigenvalue weighted by Crippen LogP contribution is 2.02. The first kappa shape index (κ1) is 10.9. The summed E-state index contributed by atoms with van der Waals surface area (Å²) in [6.45, 7) is 1.75. The van der Waals surface area contributed by atoms with Crippen molar-refractivity contribution >= 4 is 11.8 Å². The summed E-state index contributed by atoms with van der Waals surface area (Å²) in [6, 6.07) is -0.0360. The summed E-state index contributed by atoms with van der Waals surface area (Å²) in [6.07, 6.45) is 0.760. The van der Waals surface area contributed by atoms with Gasteiger partial charge in [0.2, 0.25) is 0 Å². The molecule has 0 spiro atoms. The third-order valence-corrected chi connectivity index (χ3v) is 1.90. The quantitative estimate of drug-likeness (QED) is 0.459. The lowest BCUT2D eigenvalue weighted by molar-refractivity contribution is -0.139. The summed E-state index contributed by atoms with van der Waals surface area (Å²) in [5.74, 6) is -1.25. The Morgan fingerprint density at radius 3 is 2.79 bits per heavy atom. The molecule has 1 aliphatic rings. The summed E-state index contributed by atoms with van der Waals surface area (Å²) in [5, 5.41) is 4.96. The minimum Gasteiger partial charge on any atom is -0.379 e. The predicted molar refractivity (Wildman–Crippen MR) is 49.4 cm³/mol. The van der Waals surface area contributed by atoms with Crippen LogP contribution in [0, 0.1) is 0 Å². The molecule has 1 heterocycles. The number of amides is 2. The van der Waals surface area contributed by atoms with Gasteiger partial charge in [-0.2, -0.15) is 0 Å². The summed E-state index contributed by atoms with van der Waals surface area (Å²) < 4.78 is 5.05. The average molecular weight is 201 g/mol. The van der Waals surface area contributed by atoms with E-state index in [-0.39, 0.29) is 6.04 Å². The van der Waals surface area contributed by atoms with Gasteiger partial charge in [0, 0.05) is 19.7 Å². The van der Waals surface area contributed by atoms with Crippen LogP contribution in [0.5, 0.6) is 0 Å². The minimum absolute atomic E-state index is 0.0360. The highest BCUT2D eigenvalue weighted by molar-refractivity contribution is 6.35. The second-order valence-electron chi connectivity index (χ2n) is 3.08. The normalized spacial score (nSPS) is 20.5. The Bertz CT molecular complexity index is 214. The van der Waals surface area contributed by atoms with E-state index in [9.17, 15) is 9.59 Å². The van der Waals surface area contributed by atoms with Crippen LogP contribution in [0.25, 0.3) is 0 Å². The van der Waals surface area contributed by atoms with Gasteiger partial charge >= 0.3 is 11.8 Å². The number of hydrogen-bond donors (Lipinski definition) is 3. The van der Waals surface area contributed by atoms with Crippen LogP contribution in [-0.2, 0) is 14.3 Å². The highest BCUT2D eigenvalue weighted by atomic mass is 16.5. The fraction of sp³-hybridized carbons (Fsp3) is 0.750. The van der Waals surface area contributed by atoms with Gasteiger partial charge in [0.25, 0.3) is 0 Å². The van der Waals surface area contributed by atoms with Crippen LogP contribution >= 0.6 is 0 Å². The molecule has 80 valence electrons. The zero-order valence-electron chi connectivity index (χ0n) is 7.91. The Morgan fingerprint density at radius 2 is 2.21 bits per heavy atom. The van der Waals surface area contributed by atoms with E-state index in [4.69, 9.17) is 10.5 Å². The van der Waals surface area contributed by atoms with Crippen molar-refractivity contribution in [2.24, 2.45) is 5.73 Å². The summed E-state index contributed by atoms with van der Waals surface area (Å²) >= 11 is 0. The van der Waals surface area contributed by atoms with Crippen molar-refractivity contribution in [3.8, 4) is 0 Å². The van der Waals surface area contributed by atoms with Gasteiger partial charge in [0.15, 0.2) is 0 Å². The van der Waals surface area contributed by atoms with Crippen LogP contribution in [0.3, 0.4) is 0 Å². The van der Waals surface area contributed by atoms with Crippen molar-refractivity contribution in [3.63, 3.8) is 0 Å². The lowest BCUT2D eigenvalue weighted by Crippen LogP contribution is -2.45. The molecule has 0 aromatic carbocycles. The Hall–Kier alpha value is -1.14. The van der Waals surface area contributed by atoms with E-state index < -0.39 is 11.8 Å². The molecular formula is C8H15N3O3. The largest absolute Gasteiger partial charge is 0.379 e. The molecule has 4 N–H and O–H groups in total. The maximum Gasteiger partial charge on any atom is 0.309 e. The third kappa shape index (κ3) is 3.31. The van der Waals surface area contributed by atoms with Gasteiger partial charge in [0.05, 0.1) is 12.6 Å². The fourth-order valence-corrected chi connectivity index (χ4v) is 1.17. The lowest BCUT2D eigenvalue weighted by atomic mass is 10.2. The monoisotopic (exact) mass is 201 g/mol. The van der Waals surface area contributed by atoms with Crippen LogP contribution in [0.2, 0.25) is 0 Å². The van der Waals surface area contributed by atoms with Crippen LogP contribution in [0.4, 0.5) is 0 Å². The topological polar surface area (TPSA) is 93.5 Å². The molecule has 6 heteroatoms. The lowest BCUT2D eigenvalue weighted by Gasteiger charge is -2.09. The second kappa shape index (κ2) is 5.56. The van der Waals surface area contributed by atoms with Crippen molar-refractivity contribution in [2.45, 2.75) is 12.5 Å². The van der Waals surface area contributed by atoms with Gasteiger partial charge in [0.1, 0.15) is 0 Å². The number of ether oxygens (including phenoxy) is 1. The summed E-state index contributed by atoms with van der Waals surface area (Å²) in [7, 11) is 0. The van der Waals surface area contributed by atoms with E-state index in [1.54, 1.807) is 0 Å². The maximum atomic E-state index is 11.2. The zero-order valence-corrected chi connectivity index (χ0v) is 7.91. The van der Waals surface area contributed by atoms with Crippen molar-refractivity contribution in [1.82, 2.24) is 10.6 Å². The minimum atomic E-state index is -0.637. The molecule has 1 fully saturated rings. The average Bonchev–Trinajstić information content (AvgIpc) is 2.66. The molecular weight excluding hydrogens is 186 g/mol. The molecule has 0 radical (unpaired) electrons. The van der Waals surface area contributed by atoms with Gasteiger partial charge in [-0.3, -0.25) is 9.59 Å². The van der Waals surface area contributed by atoms with Crippen LogP contribution in [-0.4, -0.2) is 44.2 Å². The van der Waals surface area contributed by atoms with Crippen LogP contribution in [0.15, 0.2) is 0 Å². The van der Waals surface area contributed by atoms with Gasteiger partial charge in [-0.25, -0.2) is 0 Å². The molecule has 0 aliphatic carbocycles. The number of carbonyl (C=O) groups excluding carboxylic acids is 2. The standard InChI is InChI=1S/C8H15N3O3/c9-2-3-10-7(12)8(13)11-6-1-4-14-5-6/h6H,1-5,9H2,(H,10,12)(H,11,13). The molecule has 0 saturated carbocycles. The highest BCUT2D eigenvalue weighted by Gasteiger charge is 2.21. The smallest absolute Gasteiger partial charge is 0.309 e. The van der Waals surface area contributed by atoms with E-state index in [2.05, 4.69) is 10.6 Å². The van der Waals surface area contributed by atoms with Gasteiger partial charge in [-0.15, -0.1) is 0 Å². The Balaban J connectivity index is 2.22.